The van der Waals surface area contributed by atoms with E-state index in [0.717, 1.165) is 12.3 Å². The molecule has 0 radical (unpaired) electrons. The first-order valence-electron chi connectivity index (χ1n) is 7.25. The average Bonchev–Trinajstić information content (AvgIpc) is 2.87. The molecule has 0 bridgehead atoms. The molecule has 2 N–H and O–H groups in total. The van der Waals surface area contributed by atoms with Crippen LogP contribution in [0.25, 0.3) is 0 Å². The Bertz CT molecular complexity index is 369. The van der Waals surface area contributed by atoms with Crippen molar-refractivity contribution >= 4 is 5.69 Å². The molecule has 0 aromatic heterocycles. The van der Waals surface area contributed by atoms with E-state index in [9.17, 15) is 0 Å². The number of anilines is 1. The first-order chi connectivity index (χ1) is 8.63. The summed E-state index contributed by atoms with van der Waals surface area (Å²) in [6.45, 7) is 7.98. The van der Waals surface area contributed by atoms with Gasteiger partial charge in [-0.05, 0) is 42.9 Å². The van der Waals surface area contributed by atoms with Crippen molar-refractivity contribution in [2.45, 2.75) is 52.1 Å². The number of nitrogens with two attached hydrogens (primary N) is 1. The van der Waals surface area contributed by atoms with Gasteiger partial charge in [-0.25, -0.2) is 0 Å². The third-order valence-corrected chi connectivity index (χ3v) is 4.16. The van der Waals surface area contributed by atoms with Crippen molar-refractivity contribution in [2.24, 2.45) is 11.7 Å². The molecule has 2 nitrogen and oxygen atoms in total. The minimum atomic E-state index is 0.179. The quantitative estimate of drug-likeness (QED) is 0.877. The molecule has 1 fully saturated rings. The van der Waals surface area contributed by atoms with Gasteiger partial charge in [0.15, 0.2) is 0 Å². The summed E-state index contributed by atoms with van der Waals surface area (Å²) < 4.78 is 0. The Morgan fingerprint density at radius 2 is 1.94 bits per heavy atom. The van der Waals surface area contributed by atoms with Crippen molar-refractivity contribution in [2.75, 3.05) is 11.4 Å². The molecule has 18 heavy (non-hydrogen) atoms. The molecule has 0 saturated carbocycles. The van der Waals surface area contributed by atoms with E-state index in [1.807, 2.05) is 0 Å². The van der Waals surface area contributed by atoms with E-state index >= 15 is 0 Å². The smallest absolute Gasteiger partial charge is 0.0369 e. The van der Waals surface area contributed by atoms with Crippen molar-refractivity contribution in [3.63, 3.8) is 0 Å². The molecule has 0 aliphatic carbocycles. The maximum atomic E-state index is 6.06. The average molecular weight is 246 g/mol. The SMILES string of the molecule is CC[C@@H](N)c1ccc(N2CCCC2C(C)C)cc1. The van der Waals surface area contributed by atoms with E-state index in [4.69, 9.17) is 5.73 Å². The van der Waals surface area contributed by atoms with Crippen molar-refractivity contribution < 1.29 is 0 Å². The summed E-state index contributed by atoms with van der Waals surface area (Å²) >= 11 is 0. The Balaban J connectivity index is 2.14. The molecule has 2 heteroatoms. The third kappa shape index (κ3) is 2.69. The van der Waals surface area contributed by atoms with Crippen molar-refractivity contribution in [3.05, 3.63) is 29.8 Å². The van der Waals surface area contributed by atoms with E-state index in [0.29, 0.717) is 6.04 Å². The molecule has 1 aliphatic heterocycles. The van der Waals surface area contributed by atoms with E-state index in [2.05, 4.69) is 49.9 Å². The number of rotatable bonds is 4. The normalized spacial score (nSPS) is 21.6. The zero-order chi connectivity index (χ0) is 13.1. The van der Waals surface area contributed by atoms with E-state index in [1.165, 1.54) is 30.6 Å². The second-order valence-electron chi connectivity index (χ2n) is 5.75. The van der Waals surface area contributed by atoms with Gasteiger partial charge in [0.25, 0.3) is 0 Å². The lowest BCUT2D eigenvalue weighted by Gasteiger charge is -2.30. The van der Waals surface area contributed by atoms with Crippen LogP contribution < -0.4 is 10.6 Å². The van der Waals surface area contributed by atoms with Crippen LogP contribution in [0.4, 0.5) is 5.69 Å². The summed E-state index contributed by atoms with van der Waals surface area (Å²) in [6, 6.07) is 9.75. The van der Waals surface area contributed by atoms with Gasteiger partial charge in [0.05, 0.1) is 0 Å². The lowest BCUT2D eigenvalue weighted by molar-refractivity contribution is 0.492. The second-order valence-corrected chi connectivity index (χ2v) is 5.75. The molecule has 1 saturated heterocycles. The number of benzene rings is 1. The van der Waals surface area contributed by atoms with Gasteiger partial charge in [-0.3, -0.25) is 0 Å². The molecule has 0 amide bonds. The fourth-order valence-corrected chi connectivity index (χ4v) is 2.95. The molecular weight excluding hydrogens is 220 g/mol. The zero-order valence-electron chi connectivity index (χ0n) is 11.9. The Hall–Kier alpha value is -1.02. The number of hydrogen-bond donors (Lipinski definition) is 1. The minimum Gasteiger partial charge on any atom is -0.368 e. The Labute approximate surface area is 111 Å². The van der Waals surface area contributed by atoms with Crippen LogP contribution in [0.2, 0.25) is 0 Å². The first-order valence-corrected chi connectivity index (χ1v) is 7.25. The monoisotopic (exact) mass is 246 g/mol. The van der Waals surface area contributed by atoms with Gasteiger partial charge < -0.3 is 10.6 Å². The summed E-state index contributed by atoms with van der Waals surface area (Å²) in [5.74, 6) is 0.727. The molecular formula is C16H26N2. The van der Waals surface area contributed by atoms with Gasteiger partial charge >= 0.3 is 0 Å². The molecule has 1 unspecified atom stereocenters. The minimum absolute atomic E-state index is 0.179. The number of nitrogens with zero attached hydrogens (tertiary/aromatic N) is 1. The largest absolute Gasteiger partial charge is 0.368 e. The molecule has 1 aromatic carbocycles. The van der Waals surface area contributed by atoms with Crippen LogP contribution in [0.15, 0.2) is 24.3 Å². The maximum absolute atomic E-state index is 6.06. The van der Waals surface area contributed by atoms with Crippen LogP contribution in [-0.2, 0) is 0 Å². The fourth-order valence-electron chi connectivity index (χ4n) is 2.95. The topological polar surface area (TPSA) is 29.3 Å². The molecule has 0 spiro atoms. The standard InChI is InChI=1S/C16H26N2/c1-4-15(17)13-7-9-14(10-8-13)18-11-5-6-16(18)12(2)3/h7-10,12,15-16H,4-6,11,17H2,1-3H3/t15-,16?/m1/s1. The molecule has 1 aromatic rings. The van der Waals surface area contributed by atoms with Crippen LogP contribution in [0.1, 0.15) is 51.6 Å². The predicted molar refractivity (Wildman–Crippen MR) is 78.9 cm³/mol. The highest BCUT2D eigenvalue weighted by molar-refractivity contribution is 5.50. The molecule has 100 valence electrons. The van der Waals surface area contributed by atoms with Crippen LogP contribution in [0.5, 0.6) is 0 Å². The lowest BCUT2D eigenvalue weighted by Crippen LogP contribution is -2.33. The van der Waals surface area contributed by atoms with E-state index in [-0.39, 0.29) is 6.04 Å². The highest BCUT2D eigenvalue weighted by Crippen LogP contribution is 2.30. The first kappa shape index (κ1) is 13.4. The fraction of sp³-hybridized carbons (Fsp3) is 0.625. The predicted octanol–water partition coefficient (Wildman–Crippen LogP) is 3.72. The Morgan fingerprint density at radius 1 is 1.28 bits per heavy atom. The van der Waals surface area contributed by atoms with Crippen molar-refractivity contribution in [3.8, 4) is 0 Å². The summed E-state index contributed by atoms with van der Waals surface area (Å²) in [5.41, 5.74) is 8.67. The van der Waals surface area contributed by atoms with E-state index in [1.54, 1.807) is 0 Å². The highest BCUT2D eigenvalue weighted by atomic mass is 15.2. The summed E-state index contributed by atoms with van der Waals surface area (Å²) in [4.78, 5) is 2.56. The van der Waals surface area contributed by atoms with Gasteiger partial charge in [0.2, 0.25) is 0 Å². The van der Waals surface area contributed by atoms with Gasteiger partial charge in [0, 0.05) is 24.3 Å². The highest BCUT2D eigenvalue weighted by Gasteiger charge is 2.27. The van der Waals surface area contributed by atoms with Gasteiger partial charge in [-0.1, -0.05) is 32.9 Å². The third-order valence-electron chi connectivity index (χ3n) is 4.16. The molecule has 1 heterocycles. The molecule has 2 rings (SSSR count). The molecule has 1 aliphatic rings. The second kappa shape index (κ2) is 5.75. The lowest BCUT2D eigenvalue weighted by atomic mass is 10.0. The Kier molecular flexibility index (Phi) is 4.28. The summed E-state index contributed by atoms with van der Waals surface area (Å²) in [7, 11) is 0. The van der Waals surface area contributed by atoms with Crippen molar-refractivity contribution in [1.82, 2.24) is 0 Å². The van der Waals surface area contributed by atoms with Crippen molar-refractivity contribution in [1.29, 1.82) is 0 Å². The van der Waals surface area contributed by atoms with Crippen LogP contribution in [0.3, 0.4) is 0 Å². The summed E-state index contributed by atoms with van der Waals surface area (Å²) in [6.07, 6.45) is 3.64. The van der Waals surface area contributed by atoms with Crippen LogP contribution in [0, 0.1) is 5.92 Å². The van der Waals surface area contributed by atoms with Gasteiger partial charge in [-0.15, -0.1) is 0 Å². The van der Waals surface area contributed by atoms with Gasteiger partial charge in [0.1, 0.15) is 0 Å². The molecule has 2 atom stereocenters. The van der Waals surface area contributed by atoms with E-state index < -0.39 is 0 Å². The number of hydrogen-bond acceptors (Lipinski definition) is 2. The Morgan fingerprint density at radius 3 is 2.50 bits per heavy atom. The van der Waals surface area contributed by atoms with Gasteiger partial charge in [-0.2, -0.15) is 0 Å². The van der Waals surface area contributed by atoms with Crippen LogP contribution in [-0.4, -0.2) is 12.6 Å². The van der Waals surface area contributed by atoms with Crippen LogP contribution >= 0.6 is 0 Å². The zero-order valence-corrected chi connectivity index (χ0v) is 11.9. The summed E-state index contributed by atoms with van der Waals surface area (Å²) in [5, 5.41) is 0. The maximum Gasteiger partial charge on any atom is 0.0369 e.